The van der Waals surface area contributed by atoms with Crippen LogP contribution in [-0.4, -0.2) is 16.7 Å². The van der Waals surface area contributed by atoms with Crippen LogP contribution in [0.4, 0.5) is 5.69 Å². The van der Waals surface area contributed by atoms with Crippen LogP contribution >= 0.6 is 0 Å². The van der Waals surface area contributed by atoms with E-state index in [1.807, 2.05) is 31.5 Å². The van der Waals surface area contributed by atoms with Crippen LogP contribution < -0.4 is 5.32 Å². The zero-order chi connectivity index (χ0) is 16.8. The standard InChI is InChI=1S/C20H23N3O/c1-16(24-2)18-9-6-10-19(13-18)22-14-20-21-11-12-23(20)15-17-7-4-3-5-8-17/h3-13,16,22H,14-15H2,1-2H3. The molecular weight excluding hydrogens is 298 g/mol. The average Bonchev–Trinajstić information content (AvgIpc) is 3.07. The van der Waals surface area contributed by atoms with Gasteiger partial charge in [0, 0.05) is 31.7 Å². The zero-order valence-electron chi connectivity index (χ0n) is 14.1. The van der Waals surface area contributed by atoms with E-state index < -0.39 is 0 Å². The van der Waals surface area contributed by atoms with Gasteiger partial charge >= 0.3 is 0 Å². The molecule has 1 N–H and O–H groups in total. The maximum atomic E-state index is 5.38. The lowest BCUT2D eigenvalue weighted by Crippen LogP contribution is -2.09. The number of imidazole rings is 1. The summed E-state index contributed by atoms with van der Waals surface area (Å²) in [6.07, 6.45) is 3.96. The van der Waals surface area contributed by atoms with Crippen LogP contribution in [0.15, 0.2) is 67.0 Å². The second-order valence-electron chi connectivity index (χ2n) is 5.81. The Balaban J connectivity index is 1.66. The lowest BCUT2D eigenvalue weighted by atomic mass is 10.1. The van der Waals surface area contributed by atoms with Gasteiger partial charge in [-0.15, -0.1) is 0 Å². The summed E-state index contributed by atoms with van der Waals surface area (Å²) in [6, 6.07) is 18.7. The Labute approximate surface area is 143 Å². The smallest absolute Gasteiger partial charge is 0.128 e. The van der Waals surface area contributed by atoms with E-state index >= 15 is 0 Å². The number of nitrogens with zero attached hydrogens (tertiary/aromatic N) is 2. The minimum absolute atomic E-state index is 0.0896. The third kappa shape index (κ3) is 4.03. The van der Waals surface area contributed by atoms with Crippen LogP contribution in [0.5, 0.6) is 0 Å². The molecule has 0 spiro atoms. The molecule has 0 aliphatic carbocycles. The molecule has 124 valence electrons. The number of aromatic nitrogens is 2. The highest BCUT2D eigenvalue weighted by atomic mass is 16.5. The normalized spacial score (nSPS) is 12.1. The van der Waals surface area contributed by atoms with Gasteiger partial charge in [-0.3, -0.25) is 0 Å². The van der Waals surface area contributed by atoms with Gasteiger partial charge in [0.2, 0.25) is 0 Å². The molecule has 0 fully saturated rings. The molecule has 1 aromatic heterocycles. The number of methoxy groups -OCH3 is 1. The summed E-state index contributed by atoms with van der Waals surface area (Å²) in [7, 11) is 1.73. The SMILES string of the molecule is COC(C)c1cccc(NCc2nccn2Cc2ccccc2)c1. The van der Waals surface area contributed by atoms with Crippen LogP contribution in [0.25, 0.3) is 0 Å². The Hall–Kier alpha value is -2.59. The molecule has 0 aliphatic heterocycles. The second-order valence-corrected chi connectivity index (χ2v) is 5.81. The molecule has 3 rings (SSSR count). The Bertz CT molecular complexity index is 767. The van der Waals surface area contributed by atoms with Crippen LogP contribution in [0.2, 0.25) is 0 Å². The van der Waals surface area contributed by atoms with Crippen molar-refractivity contribution in [2.24, 2.45) is 0 Å². The summed E-state index contributed by atoms with van der Waals surface area (Å²) in [5.74, 6) is 1.02. The van der Waals surface area contributed by atoms with Crippen LogP contribution in [-0.2, 0) is 17.8 Å². The summed E-state index contributed by atoms with van der Waals surface area (Å²) >= 11 is 0. The van der Waals surface area contributed by atoms with Crippen molar-refractivity contribution in [1.29, 1.82) is 0 Å². The van der Waals surface area contributed by atoms with Crippen molar-refractivity contribution in [3.05, 3.63) is 83.9 Å². The first-order chi connectivity index (χ1) is 11.8. The van der Waals surface area contributed by atoms with Crippen molar-refractivity contribution in [1.82, 2.24) is 9.55 Å². The highest BCUT2D eigenvalue weighted by Crippen LogP contribution is 2.20. The van der Waals surface area contributed by atoms with E-state index in [1.165, 1.54) is 5.56 Å². The number of hydrogen-bond donors (Lipinski definition) is 1. The van der Waals surface area contributed by atoms with E-state index in [0.717, 1.165) is 23.6 Å². The summed E-state index contributed by atoms with van der Waals surface area (Å²) < 4.78 is 7.55. The number of ether oxygens (including phenoxy) is 1. The molecular formula is C20H23N3O. The molecule has 0 bridgehead atoms. The van der Waals surface area contributed by atoms with Crippen LogP contribution in [0.3, 0.4) is 0 Å². The molecule has 0 amide bonds. The van der Waals surface area contributed by atoms with Gasteiger partial charge < -0.3 is 14.6 Å². The minimum Gasteiger partial charge on any atom is -0.378 e. The van der Waals surface area contributed by atoms with Gasteiger partial charge in [-0.1, -0.05) is 42.5 Å². The van der Waals surface area contributed by atoms with E-state index in [9.17, 15) is 0 Å². The first-order valence-corrected chi connectivity index (χ1v) is 8.17. The fourth-order valence-corrected chi connectivity index (χ4v) is 2.65. The van der Waals surface area contributed by atoms with E-state index in [0.29, 0.717) is 6.54 Å². The maximum Gasteiger partial charge on any atom is 0.128 e. The quantitative estimate of drug-likeness (QED) is 0.707. The predicted molar refractivity (Wildman–Crippen MR) is 97.0 cm³/mol. The highest BCUT2D eigenvalue weighted by molar-refractivity contribution is 5.46. The monoisotopic (exact) mass is 321 g/mol. The van der Waals surface area contributed by atoms with Crippen molar-refractivity contribution in [3.63, 3.8) is 0 Å². The minimum atomic E-state index is 0.0896. The topological polar surface area (TPSA) is 39.1 Å². The van der Waals surface area contributed by atoms with Crippen molar-refractivity contribution in [2.45, 2.75) is 26.1 Å². The molecule has 0 aliphatic rings. The number of anilines is 1. The van der Waals surface area contributed by atoms with E-state index in [-0.39, 0.29) is 6.10 Å². The third-order valence-electron chi connectivity index (χ3n) is 4.16. The van der Waals surface area contributed by atoms with E-state index in [1.54, 1.807) is 7.11 Å². The predicted octanol–water partition coefficient (Wildman–Crippen LogP) is 4.25. The summed E-state index contributed by atoms with van der Waals surface area (Å²) in [6.45, 7) is 3.56. The van der Waals surface area contributed by atoms with Crippen molar-refractivity contribution in [2.75, 3.05) is 12.4 Å². The van der Waals surface area contributed by atoms with Gasteiger partial charge in [0.1, 0.15) is 5.82 Å². The molecule has 2 aromatic carbocycles. The summed E-state index contributed by atoms with van der Waals surface area (Å²) in [5.41, 5.74) is 3.51. The fraction of sp³-hybridized carbons (Fsp3) is 0.250. The molecule has 24 heavy (non-hydrogen) atoms. The molecule has 1 atom stereocenters. The fourth-order valence-electron chi connectivity index (χ4n) is 2.65. The largest absolute Gasteiger partial charge is 0.378 e. The Morgan fingerprint density at radius 2 is 1.96 bits per heavy atom. The highest BCUT2D eigenvalue weighted by Gasteiger charge is 2.06. The zero-order valence-corrected chi connectivity index (χ0v) is 14.1. The van der Waals surface area contributed by atoms with Gasteiger partial charge in [0.05, 0.1) is 12.6 Å². The molecule has 0 saturated heterocycles. The van der Waals surface area contributed by atoms with Crippen LogP contribution in [0.1, 0.15) is 30.0 Å². The Kier molecular flexibility index (Phi) is 5.29. The summed E-state index contributed by atoms with van der Waals surface area (Å²) in [5, 5.41) is 3.45. The number of nitrogens with one attached hydrogen (secondary N) is 1. The lowest BCUT2D eigenvalue weighted by Gasteiger charge is -2.13. The molecule has 0 saturated carbocycles. The Morgan fingerprint density at radius 1 is 1.12 bits per heavy atom. The van der Waals surface area contributed by atoms with Gasteiger partial charge in [0.15, 0.2) is 0 Å². The van der Waals surface area contributed by atoms with Crippen LogP contribution in [0, 0.1) is 0 Å². The molecule has 4 nitrogen and oxygen atoms in total. The number of benzene rings is 2. The average molecular weight is 321 g/mol. The first kappa shape index (κ1) is 16.3. The summed E-state index contributed by atoms with van der Waals surface area (Å²) in [4.78, 5) is 4.48. The van der Waals surface area contributed by atoms with Crippen molar-refractivity contribution >= 4 is 5.69 Å². The molecule has 1 heterocycles. The van der Waals surface area contributed by atoms with Gasteiger partial charge in [-0.2, -0.15) is 0 Å². The number of hydrogen-bond acceptors (Lipinski definition) is 3. The lowest BCUT2D eigenvalue weighted by molar-refractivity contribution is 0.119. The van der Waals surface area contributed by atoms with Crippen molar-refractivity contribution < 1.29 is 4.74 Å². The van der Waals surface area contributed by atoms with Crippen molar-refractivity contribution in [3.8, 4) is 0 Å². The van der Waals surface area contributed by atoms with Gasteiger partial charge in [0.25, 0.3) is 0 Å². The van der Waals surface area contributed by atoms with E-state index in [4.69, 9.17) is 4.74 Å². The van der Waals surface area contributed by atoms with Gasteiger partial charge in [-0.25, -0.2) is 4.98 Å². The number of rotatable bonds is 7. The van der Waals surface area contributed by atoms with Gasteiger partial charge in [-0.05, 0) is 30.2 Å². The Morgan fingerprint density at radius 3 is 2.75 bits per heavy atom. The molecule has 1 unspecified atom stereocenters. The molecule has 0 radical (unpaired) electrons. The third-order valence-corrected chi connectivity index (χ3v) is 4.16. The maximum absolute atomic E-state index is 5.38. The first-order valence-electron chi connectivity index (χ1n) is 8.17. The van der Waals surface area contributed by atoms with E-state index in [2.05, 4.69) is 57.3 Å². The molecule has 3 aromatic rings. The molecule has 4 heteroatoms. The second kappa shape index (κ2) is 7.79.